The summed E-state index contributed by atoms with van der Waals surface area (Å²) in [6.45, 7) is 2.38. The Bertz CT molecular complexity index is 627. The highest BCUT2D eigenvalue weighted by atomic mass is 16.7. The van der Waals surface area contributed by atoms with Crippen LogP contribution in [0.25, 0.3) is 0 Å². The van der Waals surface area contributed by atoms with Gasteiger partial charge in [-0.3, -0.25) is 0 Å². The van der Waals surface area contributed by atoms with Crippen molar-refractivity contribution in [2.24, 2.45) is 10.9 Å². The Hall–Kier alpha value is -2.74. The SMILES string of the molecule is CC(=NO)NCCCCC(N)(C(=O)OCc1ccccc1)C1OC=CO1. The maximum atomic E-state index is 12.6. The van der Waals surface area contributed by atoms with Crippen LogP contribution < -0.4 is 11.1 Å². The highest BCUT2D eigenvalue weighted by Crippen LogP contribution is 2.25. The summed E-state index contributed by atoms with van der Waals surface area (Å²) >= 11 is 0. The third kappa shape index (κ3) is 5.38. The molecule has 0 radical (unpaired) electrons. The molecule has 142 valence electrons. The molecule has 4 N–H and O–H groups in total. The third-order valence-electron chi connectivity index (χ3n) is 4.02. The molecular formula is C18H25N3O5. The number of unbranched alkanes of at least 4 members (excludes halogenated alkanes) is 1. The van der Waals surface area contributed by atoms with Crippen molar-refractivity contribution in [2.75, 3.05) is 6.54 Å². The number of esters is 1. The maximum absolute atomic E-state index is 12.6. The number of rotatable bonds is 9. The zero-order valence-electron chi connectivity index (χ0n) is 14.8. The van der Waals surface area contributed by atoms with Gasteiger partial charge in [-0.05, 0) is 31.7 Å². The first kappa shape index (κ1) is 19.6. The molecule has 2 rings (SSSR count). The zero-order valence-corrected chi connectivity index (χ0v) is 14.8. The molecule has 26 heavy (non-hydrogen) atoms. The number of hydrogen-bond acceptors (Lipinski definition) is 7. The summed E-state index contributed by atoms with van der Waals surface area (Å²) in [6, 6.07) is 9.37. The number of carbonyl (C=O) groups excluding carboxylic acids is 1. The van der Waals surface area contributed by atoms with E-state index >= 15 is 0 Å². The van der Waals surface area contributed by atoms with E-state index in [1.807, 2.05) is 30.3 Å². The molecule has 8 nitrogen and oxygen atoms in total. The maximum Gasteiger partial charge on any atom is 0.334 e. The van der Waals surface area contributed by atoms with E-state index in [0.29, 0.717) is 25.2 Å². The van der Waals surface area contributed by atoms with Crippen molar-refractivity contribution in [1.29, 1.82) is 0 Å². The molecule has 0 aromatic heterocycles. The first-order valence-electron chi connectivity index (χ1n) is 8.45. The summed E-state index contributed by atoms with van der Waals surface area (Å²) in [5.41, 5.74) is 5.78. The van der Waals surface area contributed by atoms with Crippen LogP contribution in [-0.4, -0.2) is 35.4 Å². The average molecular weight is 363 g/mol. The van der Waals surface area contributed by atoms with Gasteiger partial charge in [-0.2, -0.15) is 0 Å². The Kier molecular flexibility index (Phi) is 7.28. The van der Waals surface area contributed by atoms with Gasteiger partial charge in [0.15, 0.2) is 5.54 Å². The van der Waals surface area contributed by atoms with Crippen molar-refractivity contribution >= 4 is 11.8 Å². The van der Waals surface area contributed by atoms with Crippen LogP contribution >= 0.6 is 0 Å². The largest absolute Gasteiger partial charge is 0.459 e. The lowest BCUT2D eigenvalue weighted by atomic mass is 9.92. The summed E-state index contributed by atoms with van der Waals surface area (Å²) in [7, 11) is 0. The summed E-state index contributed by atoms with van der Waals surface area (Å²) in [4.78, 5) is 12.6. The number of nitrogens with zero attached hydrogens (tertiary/aromatic N) is 1. The van der Waals surface area contributed by atoms with Gasteiger partial charge in [-0.1, -0.05) is 35.5 Å². The van der Waals surface area contributed by atoms with Crippen molar-refractivity contribution in [3.63, 3.8) is 0 Å². The molecule has 0 saturated carbocycles. The minimum Gasteiger partial charge on any atom is -0.459 e. The number of nitrogens with one attached hydrogen (secondary N) is 1. The Morgan fingerprint density at radius 3 is 2.65 bits per heavy atom. The molecule has 1 aliphatic rings. The van der Waals surface area contributed by atoms with Gasteiger partial charge in [0, 0.05) is 6.54 Å². The fourth-order valence-corrected chi connectivity index (χ4v) is 2.50. The smallest absolute Gasteiger partial charge is 0.334 e. The molecule has 1 aliphatic heterocycles. The first-order valence-corrected chi connectivity index (χ1v) is 8.45. The fraction of sp³-hybridized carbons (Fsp3) is 0.444. The monoisotopic (exact) mass is 363 g/mol. The molecule has 1 aromatic rings. The quantitative estimate of drug-likeness (QED) is 0.153. The average Bonchev–Trinajstić information content (AvgIpc) is 3.21. The summed E-state index contributed by atoms with van der Waals surface area (Å²) in [5, 5.41) is 14.6. The highest BCUT2D eigenvalue weighted by Gasteiger charge is 2.47. The summed E-state index contributed by atoms with van der Waals surface area (Å²) in [6.07, 6.45) is 3.48. The van der Waals surface area contributed by atoms with E-state index in [0.717, 1.165) is 12.0 Å². The predicted molar refractivity (Wildman–Crippen MR) is 95.0 cm³/mol. The van der Waals surface area contributed by atoms with E-state index in [2.05, 4.69) is 10.5 Å². The topological polar surface area (TPSA) is 115 Å². The summed E-state index contributed by atoms with van der Waals surface area (Å²) < 4.78 is 16.0. The van der Waals surface area contributed by atoms with Crippen LogP contribution in [0.15, 0.2) is 48.0 Å². The fourth-order valence-electron chi connectivity index (χ4n) is 2.50. The predicted octanol–water partition coefficient (Wildman–Crippen LogP) is 1.84. The van der Waals surface area contributed by atoms with Crippen molar-refractivity contribution in [3.8, 4) is 0 Å². The lowest BCUT2D eigenvalue weighted by molar-refractivity contribution is -0.168. The molecular weight excluding hydrogens is 338 g/mol. The molecule has 0 fully saturated rings. The molecule has 0 amide bonds. The van der Waals surface area contributed by atoms with E-state index in [1.54, 1.807) is 6.92 Å². The van der Waals surface area contributed by atoms with Crippen LogP contribution in [0.1, 0.15) is 31.7 Å². The molecule has 0 aliphatic carbocycles. The van der Waals surface area contributed by atoms with Crippen molar-refractivity contribution in [2.45, 2.75) is 44.6 Å². The van der Waals surface area contributed by atoms with E-state index in [9.17, 15) is 4.79 Å². The molecule has 1 atom stereocenters. The lowest BCUT2D eigenvalue weighted by Gasteiger charge is -2.31. The number of oxime groups is 1. The normalized spacial score (nSPS) is 16.5. The Morgan fingerprint density at radius 2 is 2.00 bits per heavy atom. The third-order valence-corrected chi connectivity index (χ3v) is 4.02. The van der Waals surface area contributed by atoms with Crippen LogP contribution in [0.5, 0.6) is 0 Å². The second-order valence-electron chi connectivity index (χ2n) is 6.05. The Balaban J connectivity index is 1.89. The standard InChI is InChI=1S/C18H25N3O5/c1-14(21-23)20-10-6-5-9-18(19,17-24-11-12-25-17)16(22)26-13-15-7-3-2-4-8-15/h2-4,7-8,11-12,17,23H,5-6,9-10,13,19H2,1H3,(H,20,21). The minimum absolute atomic E-state index is 0.131. The number of nitrogens with two attached hydrogens (primary N) is 1. The molecule has 0 saturated heterocycles. The number of ether oxygens (including phenoxy) is 3. The molecule has 0 bridgehead atoms. The second kappa shape index (κ2) is 9.67. The van der Waals surface area contributed by atoms with Crippen molar-refractivity contribution < 1.29 is 24.2 Å². The van der Waals surface area contributed by atoms with E-state index in [1.165, 1.54) is 12.5 Å². The first-order chi connectivity index (χ1) is 12.6. The number of benzene rings is 1. The van der Waals surface area contributed by atoms with Gasteiger partial charge in [0.05, 0.1) is 0 Å². The van der Waals surface area contributed by atoms with Gasteiger partial charge in [0.1, 0.15) is 25.0 Å². The number of hydrogen-bond donors (Lipinski definition) is 3. The van der Waals surface area contributed by atoms with Crippen LogP contribution in [-0.2, 0) is 25.6 Å². The van der Waals surface area contributed by atoms with Crippen LogP contribution in [0.2, 0.25) is 0 Å². The van der Waals surface area contributed by atoms with E-state index < -0.39 is 17.8 Å². The molecule has 1 aromatic carbocycles. The number of carbonyl (C=O) groups is 1. The van der Waals surface area contributed by atoms with E-state index in [4.69, 9.17) is 25.2 Å². The zero-order chi connectivity index (χ0) is 18.8. The van der Waals surface area contributed by atoms with Crippen LogP contribution in [0.4, 0.5) is 0 Å². The highest BCUT2D eigenvalue weighted by molar-refractivity contribution is 5.81. The van der Waals surface area contributed by atoms with Gasteiger partial charge in [0.25, 0.3) is 6.29 Å². The molecule has 1 unspecified atom stereocenters. The number of amidine groups is 1. The van der Waals surface area contributed by atoms with Crippen LogP contribution in [0.3, 0.4) is 0 Å². The Labute approximate surface area is 152 Å². The molecule has 8 heteroatoms. The van der Waals surface area contributed by atoms with Gasteiger partial charge < -0.3 is 30.5 Å². The Morgan fingerprint density at radius 1 is 1.31 bits per heavy atom. The van der Waals surface area contributed by atoms with Crippen LogP contribution in [0, 0.1) is 0 Å². The van der Waals surface area contributed by atoms with E-state index in [-0.39, 0.29) is 6.61 Å². The molecule has 0 spiro atoms. The van der Waals surface area contributed by atoms with Crippen molar-refractivity contribution in [3.05, 3.63) is 48.4 Å². The second-order valence-corrected chi connectivity index (χ2v) is 6.05. The molecule has 1 heterocycles. The van der Waals surface area contributed by atoms with Crippen molar-refractivity contribution in [1.82, 2.24) is 5.32 Å². The van der Waals surface area contributed by atoms with Gasteiger partial charge in [-0.25, -0.2) is 4.79 Å². The summed E-state index contributed by atoms with van der Waals surface area (Å²) in [5.74, 6) is -0.144. The van der Waals surface area contributed by atoms with Gasteiger partial charge in [0.2, 0.25) is 0 Å². The minimum atomic E-state index is -1.42. The van der Waals surface area contributed by atoms with Gasteiger partial charge >= 0.3 is 5.97 Å². The van der Waals surface area contributed by atoms with Gasteiger partial charge in [-0.15, -0.1) is 0 Å². The lowest BCUT2D eigenvalue weighted by Crippen LogP contribution is -2.58.